The first-order chi connectivity index (χ1) is 10.1. The summed E-state index contributed by atoms with van der Waals surface area (Å²) in [4.78, 5) is 17.7. The number of hydrogen-bond acceptors (Lipinski definition) is 7. The van der Waals surface area contributed by atoms with Crippen LogP contribution in [-0.4, -0.2) is 40.2 Å². The Morgan fingerprint density at radius 1 is 1.33 bits per heavy atom. The van der Waals surface area contributed by atoms with Gasteiger partial charge in [-0.15, -0.1) is 0 Å². The molecule has 1 aliphatic carbocycles. The molecule has 0 amide bonds. The molecule has 0 atom stereocenters. The highest BCUT2D eigenvalue weighted by Gasteiger charge is 2.18. The quantitative estimate of drug-likeness (QED) is 0.444. The molecule has 1 saturated carbocycles. The summed E-state index contributed by atoms with van der Waals surface area (Å²) in [5.41, 5.74) is 5.73. The van der Waals surface area contributed by atoms with E-state index in [1.807, 2.05) is 0 Å². The largest absolute Gasteiger partial charge is 0.378 e. The van der Waals surface area contributed by atoms with Crippen LogP contribution in [0.2, 0.25) is 0 Å². The molecule has 0 unspecified atom stereocenters. The number of anilines is 1. The summed E-state index contributed by atoms with van der Waals surface area (Å²) in [5, 5.41) is 13.5. The van der Waals surface area contributed by atoms with Gasteiger partial charge in [0, 0.05) is 19.2 Å². The SMILES string of the molecule is NC1CCC(OCCCNc2ncc([N+](=O)[O-])cn2)CC1. The zero-order chi connectivity index (χ0) is 15.1. The molecule has 21 heavy (non-hydrogen) atoms. The molecule has 1 aromatic rings. The Kier molecular flexibility index (Phi) is 5.82. The molecule has 0 aromatic carbocycles. The first-order valence-corrected chi connectivity index (χ1v) is 7.22. The van der Waals surface area contributed by atoms with Crippen molar-refractivity contribution < 1.29 is 9.66 Å². The Hall–Kier alpha value is -1.80. The minimum absolute atomic E-state index is 0.112. The maximum absolute atomic E-state index is 10.5. The number of rotatable bonds is 7. The van der Waals surface area contributed by atoms with Gasteiger partial charge in [0.2, 0.25) is 5.95 Å². The predicted octanol–water partition coefficient (Wildman–Crippen LogP) is 1.47. The Morgan fingerprint density at radius 2 is 2.00 bits per heavy atom. The van der Waals surface area contributed by atoms with E-state index < -0.39 is 4.92 Å². The summed E-state index contributed by atoms with van der Waals surface area (Å²) in [6.07, 6.45) is 7.72. The summed E-state index contributed by atoms with van der Waals surface area (Å²) < 4.78 is 5.79. The highest BCUT2D eigenvalue weighted by molar-refractivity contribution is 5.30. The second-order valence-corrected chi connectivity index (χ2v) is 5.21. The van der Waals surface area contributed by atoms with Crippen molar-refractivity contribution in [2.75, 3.05) is 18.5 Å². The Labute approximate surface area is 123 Å². The van der Waals surface area contributed by atoms with Gasteiger partial charge < -0.3 is 15.8 Å². The van der Waals surface area contributed by atoms with Gasteiger partial charge in [-0.25, -0.2) is 9.97 Å². The molecule has 8 nitrogen and oxygen atoms in total. The van der Waals surface area contributed by atoms with Crippen LogP contribution in [0.5, 0.6) is 0 Å². The van der Waals surface area contributed by atoms with E-state index in [2.05, 4.69) is 15.3 Å². The van der Waals surface area contributed by atoms with Crippen molar-refractivity contribution in [3.05, 3.63) is 22.5 Å². The summed E-state index contributed by atoms with van der Waals surface area (Å²) >= 11 is 0. The molecule has 8 heteroatoms. The molecule has 1 fully saturated rings. The lowest BCUT2D eigenvalue weighted by Gasteiger charge is -2.26. The van der Waals surface area contributed by atoms with Crippen LogP contribution in [0.1, 0.15) is 32.1 Å². The van der Waals surface area contributed by atoms with Crippen molar-refractivity contribution in [1.29, 1.82) is 0 Å². The van der Waals surface area contributed by atoms with E-state index in [-0.39, 0.29) is 5.69 Å². The molecule has 0 bridgehead atoms. The van der Waals surface area contributed by atoms with Gasteiger partial charge in [0.25, 0.3) is 0 Å². The van der Waals surface area contributed by atoms with Gasteiger partial charge in [-0.3, -0.25) is 10.1 Å². The van der Waals surface area contributed by atoms with Crippen molar-refractivity contribution in [3.8, 4) is 0 Å². The average Bonchev–Trinajstić information content (AvgIpc) is 2.49. The van der Waals surface area contributed by atoms with Crippen molar-refractivity contribution in [2.45, 2.75) is 44.2 Å². The van der Waals surface area contributed by atoms with Crippen LogP contribution >= 0.6 is 0 Å². The van der Waals surface area contributed by atoms with Crippen LogP contribution in [0.15, 0.2) is 12.4 Å². The summed E-state index contributed by atoms with van der Waals surface area (Å²) in [5.74, 6) is 0.393. The first kappa shape index (κ1) is 15.6. The van der Waals surface area contributed by atoms with Crippen LogP contribution in [0.4, 0.5) is 11.6 Å². The van der Waals surface area contributed by atoms with Crippen molar-refractivity contribution in [1.82, 2.24) is 9.97 Å². The molecule has 0 radical (unpaired) electrons. The van der Waals surface area contributed by atoms with Crippen molar-refractivity contribution >= 4 is 11.6 Å². The summed E-state index contributed by atoms with van der Waals surface area (Å²) in [6, 6.07) is 0.339. The molecule has 1 aliphatic rings. The molecular formula is C13H21N5O3. The fourth-order valence-electron chi connectivity index (χ4n) is 2.28. The first-order valence-electron chi connectivity index (χ1n) is 7.22. The summed E-state index contributed by atoms with van der Waals surface area (Å²) in [7, 11) is 0. The van der Waals surface area contributed by atoms with E-state index in [9.17, 15) is 10.1 Å². The normalized spacial score (nSPS) is 22.0. The maximum atomic E-state index is 10.5. The molecule has 0 saturated heterocycles. The number of aromatic nitrogens is 2. The third-order valence-corrected chi connectivity index (χ3v) is 3.53. The van der Waals surface area contributed by atoms with Gasteiger partial charge in [-0.2, -0.15) is 0 Å². The molecule has 1 heterocycles. The number of nitrogens with zero attached hydrogens (tertiary/aromatic N) is 3. The molecule has 0 aliphatic heterocycles. The smallest absolute Gasteiger partial charge is 0.305 e. The van der Waals surface area contributed by atoms with Gasteiger partial charge in [0.1, 0.15) is 12.4 Å². The predicted molar refractivity (Wildman–Crippen MR) is 78.0 cm³/mol. The third kappa shape index (κ3) is 5.24. The lowest BCUT2D eigenvalue weighted by molar-refractivity contribution is -0.385. The highest BCUT2D eigenvalue weighted by Crippen LogP contribution is 2.19. The van der Waals surface area contributed by atoms with Crippen molar-refractivity contribution in [3.63, 3.8) is 0 Å². The number of hydrogen-bond donors (Lipinski definition) is 2. The van der Waals surface area contributed by atoms with Crippen LogP contribution in [-0.2, 0) is 4.74 Å². The zero-order valence-electron chi connectivity index (χ0n) is 11.9. The van der Waals surface area contributed by atoms with Crippen LogP contribution < -0.4 is 11.1 Å². The van der Waals surface area contributed by atoms with Gasteiger partial charge in [-0.1, -0.05) is 0 Å². The summed E-state index contributed by atoms with van der Waals surface area (Å²) in [6.45, 7) is 1.35. The van der Waals surface area contributed by atoms with Crippen LogP contribution in [0.25, 0.3) is 0 Å². The van der Waals surface area contributed by atoms with Crippen LogP contribution in [0, 0.1) is 10.1 Å². The zero-order valence-corrected chi connectivity index (χ0v) is 11.9. The number of ether oxygens (including phenoxy) is 1. The fraction of sp³-hybridized carbons (Fsp3) is 0.692. The molecule has 0 spiro atoms. The van der Waals surface area contributed by atoms with E-state index in [4.69, 9.17) is 10.5 Å². The van der Waals surface area contributed by atoms with Gasteiger partial charge in [0.05, 0.1) is 11.0 Å². The molecule has 1 aromatic heterocycles. The second-order valence-electron chi connectivity index (χ2n) is 5.21. The van der Waals surface area contributed by atoms with Crippen molar-refractivity contribution in [2.24, 2.45) is 5.73 Å². The number of nitro groups is 1. The highest BCUT2D eigenvalue weighted by atomic mass is 16.6. The number of nitrogens with two attached hydrogens (primary N) is 1. The molecular weight excluding hydrogens is 274 g/mol. The minimum atomic E-state index is -0.520. The lowest BCUT2D eigenvalue weighted by Crippen LogP contribution is -2.30. The third-order valence-electron chi connectivity index (χ3n) is 3.53. The molecule has 2 rings (SSSR count). The molecule has 3 N–H and O–H groups in total. The fourth-order valence-corrected chi connectivity index (χ4v) is 2.28. The van der Waals surface area contributed by atoms with E-state index in [0.29, 0.717) is 31.2 Å². The van der Waals surface area contributed by atoms with Gasteiger partial charge >= 0.3 is 5.69 Å². The Morgan fingerprint density at radius 3 is 2.62 bits per heavy atom. The minimum Gasteiger partial charge on any atom is -0.378 e. The van der Waals surface area contributed by atoms with Crippen LogP contribution in [0.3, 0.4) is 0 Å². The van der Waals surface area contributed by atoms with E-state index in [1.54, 1.807) is 0 Å². The maximum Gasteiger partial charge on any atom is 0.305 e. The van der Waals surface area contributed by atoms with Gasteiger partial charge in [0.15, 0.2) is 0 Å². The Bertz CT molecular complexity index is 446. The van der Waals surface area contributed by atoms with E-state index >= 15 is 0 Å². The molecule has 116 valence electrons. The van der Waals surface area contributed by atoms with E-state index in [0.717, 1.165) is 32.1 Å². The lowest BCUT2D eigenvalue weighted by atomic mass is 9.94. The monoisotopic (exact) mass is 295 g/mol. The standard InChI is InChI=1S/C13H21N5O3/c14-10-2-4-12(5-3-10)21-7-1-6-15-13-16-8-11(9-17-13)18(19)20/h8-10,12H,1-7,14H2,(H,15,16,17). The number of nitrogens with one attached hydrogen (secondary N) is 1. The van der Waals surface area contributed by atoms with E-state index in [1.165, 1.54) is 12.4 Å². The topological polar surface area (TPSA) is 116 Å². The average molecular weight is 295 g/mol. The second kappa shape index (κ2) is 7.84. The van der Waals surface area contributed by atoms with Gasteiger partial charge in [-0.05, 0) is 32.1 Å². The Balaban J connectivity index is 1.58.